The van der Waals surface area contributed by atoms with Gasteiger partial charge < -0.3 is 4.90 Å². The summed E-state index contributed by atoms with van der Waals surface area (Å²) in [6.07, 6.45) is 3.57. The molecule has 0 unspecified atom stereocenters. The van der Waals surface area contributed by atoms with Crippen molar-refractivity contribution < 1.29 is 4.11 Å². The highest BCUT2D eigenvalue weighted by atomic mass is 15.2. The summed E-state index contributed by atoms with van der Waals surface area (Å²) in [4.78, 5) is 7.09. The lowest BCUT2D eigenvalue weighted by Gasteiger charge is -2.25. The summed E-state index contributed by atoms with van der Waals surface area (Å²) in [6, 6.07) is 45.5. The summed E-state index contributed by atoms with van der Waals surface area (Å²) in [5, 5.41) is 2.33. The molecule has 0 fully saturated rings. The molecule has 0 radical (unpaired) electrons. The Labute approximate surface area is 267 Å². The Hall–Kier alpha value is -5.68. The van der Waals surface area contributed by atoms with Crippen molar-refractivity contribution in [2.45, 2.75) is 19.8 Å². The molecule has 0 saturated heterocycles. The third kappa shape index (κ3) is 4.56. The minimum absolute atomic E-state index is 0.378. The molecule has 0 aliphatic rings. The lowest BCUT2D eigenvalue weighted by atomic mass is 10.1. The number of nitrogens with zero attached hydrogens (tertiary/aromatic N) is 5. The van der Waals surface area contributed by atoms with Crippen molar-refractivity contribution in [2.75, 3.05) is 4.90 Å². The largest absolute Gasteiger partial charge is 0.309 e. The van der Waals surface area contributed by atoms with Crippen LogP contribution in [0.2, 0.25) is 0 Å². The molecule has 0 aliphatic heterocycles. The van der Waals surface area contributed by atoms with Gasteiger partial charge in [0.2, 0.25) is 0 Å². The predicted octanol–water partition coefficient (Wildman–Crippen LogP) is 10.3. The topological polar surface area (TPSA) is 30.9 Å². The van der Waals surface area contributed by atoms with Crippen LogP contribution in [0.3, 0.4) is 0 Å². The molecule has 5 heteroatoms. The standard InChI is InChI=1S/C40H34N5/c1-28(2)29-22-23-41-40(24-29)45-36-17-8-7-16-34(36)35-21-20-33(26-39(35)45)44(30-12-5-4-6-13-30)32-15-11-14-31(25-32)43-27-42(3)37-18-9-10-19-38(37)43/h4-28H,1-3H3/q+1/i3D3. The van der Waals surface area contributed by atoms with Gasteiger partial charge in [0.1, 0.15) is 11.5 Å². The Morgan fingerprint density at radius 3 is 2.18 bits per heavy atom. The van der Waals surface area contributed by atoms with Gasteiger partial charge in [-0.15, -0.1) is 0 Å². The van der Waals surface area contributed by atoms with Gasteiger partial charge in [0.15, 0.2) is 17.4 Å². The molecule has 0 atom stereocenters. The van der Waals surface area contributed by atoms with E-state index in [1.165, 1.54) is 15.5 Å². The molecule has 0 saturated carbocycles. The van der Waals surface area contributed by atoms with Crippen molar-refractivity contribution in [3.8, 4) is 11.5 Å². The monoisotopic (exact) mass is 587 g/mol. The van der Waals surface area contributed by atoms with Crippen LogP contribution in [0, 0.1) is 0 Å². The van der Waals surface area contributed by atoms with E-state index in [0.29, 0.717) is 11.4 Å². The number of para-hydroxylation sites is 4. The average Bonchev–Trinajstić information content (AvgIpc) is 3.66. The van der Waals surface area contributed by atoms with Crippen LogP contribution < -0.4 is 4.90 Å². The van der Waals surface area contributed by atoms with E-state index < -0.39 is 6.98 Å². The molecule has 0 spiro atoms. The zero-order valence-corrected chi connectivity index (χ0v) is 25.2. The molecule has 0 N–H and O–H groups in total. The number of imidazole rings is 1. The lowest BCUT2D eigenvalue weighted by molar-refractivity contribution is 0.858. The smallest absolute Gasteiger partial charge is 0.191 e. The fraction of sp³-hybridized carbons (Fsp3) is 0.100. The summed E-state index contributed by atoms with van der Waals surface area (Å²) in [7, 11) is 0. The molecule has 8 rings (SSSR count). The highest BCUT2D eigenvalue weighted by Crippen LogP contribution is 2.40. The second-order valence-electron chi connectivity index (χ2n) is 11.7. The van der Waals surface area contributed by atoms with Crippen LogP contribution in [-0.2, 0) is 6.98 Å². The summed E-state index contributed by atoms with van der Waals surface area (Å²) in [6.45, 7) is 2.10. The lowest BCUT2D eigenvalue weighted by Crippen LogP contribution is -2.10. The number of pyridine rings is 1. The van der Waals surface area contributed by atoms with Crippen molar-refractivity contribution in [1.82, 2.24) is 18.7 Å². The van der Waals surface area contributed by atoms with E-state index in [1.54, 1.807) is 6.33 Å². The van der Waals surface area contributed by atoms with Crippen LogP contribution in [0.1, 0.15) is 29.4 Å². The number of hydrogen-bond donors (Lipinski definition) is 0. The number of aryl methyl sites for hydroxylation is 1. The van der Waals surface area contributed by atoms with Crippen LogP contribution in [0.4, 0.5) is 17.1 Å². The molecule has 5 nitrogen and oxygen atoms in total. The van der Waals surface area contributed by atoms with E-state index in [-0.39, 0.29) is 0 Å². The molecule has 0 bridgehead atoms. The predicted molar refractivity (Wildman–Crippen MR) is 188 cm³/mol. The number of fused-ring (bicyclic) bond motifs is 4. The zero-order valence-electron chi connectivity index (χ0n) is 28.2. The number of benzene rings is 5. The second kappa shape index (κ2) is 10.8. The molecule has 0 amide bonds. The Balaban J connectivity index is 1.34. The van der Waals surface area contributed by atoms with Crippen molar-refractivity contribution in [2.24, 2.45) is 6.98 Å². The van der Waals surface area contributed by atoms with Crippen molar-refractivity contribution >= 4 is 49.9 Å². The van der Waals surface area contributed by atoms with Gasteiger partial charge in [-0.2, -0.15) is 4.57 Å². The van der Waals surface area contributed by atoms with Crippen LogP contribution >= 0.6 is 0 Å². The fourth-order valence-electron chi connectivity index (χ4n) is 6.38. The highest BCUT2D eigenvalue weighted by Gasteiger charge is 2.20. The first-order valence-electron chi connectivity index (χ1n) is 16.8. The third-order valence-corrected chi connectivity index (χ3v) is 8.59. The first-order valence-corrected chi connectivity index (χ1v) is 15.3. The maximum atomic E-state index is 8.15. The molecule has 45 heavy (non-hydrogen) atoms. The van der Waals surface area contributed by atoms with Gasteiger partial charge in [-0.3, -0.25) is 4.57 Å². The van der Waals surface area contributed by atoms with Gasteiger partial charge in [0, 0.05) is 63.7 Å². The molecule has 8 aromatic rings. The van der Waals surface area contributed by atoms with Crippen molar-refractivity contribution in [3.05, 3.63) is 152 Å². The molecule has 5 aromatic carbocycles. The normalized spacial score (nSPS) is 12.9. The van der Waals surface area contributed by atoms with E-state index in [0.717, 1.165) is 50.5 Å². The van der Waals surface area contributed by atoms with E-state index in [1.807, 2.05) is 65.4 Å². The minimum atomic E-state index is -2.31. The molecule has 218 valence electrons. The maximum absolute atomic E-state index is 8.15. The average molecular weight is 588 g/mol. The van der Waals surface area contributed by atoms with Crippen LogP contribution in [-0.4, -0.2) is 18.7 Å². The molecule has 3 heterocycles. The van der Waals surface area contributed by atoms with E-state index in [9.17, 15) is 0 Å². The number of aromatic nitrogens is 4. The Bertz CT molecular complexity index is 2440. The number of hydrogen-bond acceptors (Lipinski definition) is 2. The summed E-state index contributed by atoms with van der Waals surface area (Å²) in [5.74, 6) is 1.27. The quantitative estimate of drug-likeness (QED) is 0.181. The molecule has 3 aromatic heterocycles. The Morgan fingerprint density at radius 1 is 0.644 bits per heavy atom. The van der Waals surface area contributed by atoms with Crippen LogP contribution in [0.25, 0.3) is 44.3 Å². The number of anilines is 3. The summed E-state index contributed by atoms with van der Waals surface area (Å²) >= 11 is 0. The summed E-state index contributed by atoms with van der Waals surface area (Å²) in [5.41, 5.74) is 8.67. The van der Waals surface area contributed by atoms with Gasteiger partial charge in [-0.25, -0.2) is 9.55 Å². The SMILES string of the molecule is [2H]C([2H])([2H])n1[cH+]n(-c2cccc(N(c3ccccc3)c3ccc4c5ccccc5n(-c5cc(C(C)C)ccn5)c4c3)c2)c2ccccc21. The Kier molecular flexibility index (Phi) is 5.69. The van der Waals surface area contributed by atoms with Crippen molar-refractivity contribution in [3.63, 3.8) is 0 Å². The minimum Gasteiger partial charge on any atom is -0.309 e. The maximum Gasteiger partial charge on any atom is 0.191 e. The van der Waals surface area contributed by atoms with Gasteiger partial charge in [-0.1, -0.05) is 56.3 Å². The Morgan fingerprint density at radius 2 is 1.36 bits per heavy atom. The van der Waals surface area contributed by atoms with E-state index in [2.05, 4.69) is 102 Å². The third-order valence-electron chi connectivity index (χ3n) is 8.59. The van der Waals surface area contributed by atoms with E-state index >= 15 is 0 Å². The van der Waals surface area contributed by atoms with Gasteiger partial charge in [-0.05, 0) is 78.2 Å². The highest BCUT2D eigenvalue weighted by molar-refractivity contribution is 6.10. The first-order chi connectivity index (χ1) is 23.3. The number of rotatable bonds is 6. The zero-order chi connectivity index (χ0) is 33.0. The first kappa shape index (κ1) is 23.7. The van der Waals surface area contributed by atoms with Gasteiger partial charge >= 0.3 is 0 Å². The summed E-state index contributed by atoms with van der Waals surface area (Å²) < 4.78 is 30.0. The van der Waals surface area contributed by atoms with Crippen LogP contribution in [0.15, 0.2) is 146 Å². The van der Waals surface area contributed by atoms with Gasteiger partial charge in [0.05, 0.1) is 16.7 Å². The van der Waals surface area contributed by atoms with Gasteiger partial charge in [0.25, 0.3) is 0 Å². The molecular formula is C40H34N5+. The fourth-order valence-corrected chi connectivity index (χ4v) is 6.38. The molecule has 0 aliphatic carbocycles. The second-order valence-corrected chi connectivity index (χ2v) is 11.7. The van der Waals surface area contributed by atoms with Crippen molar-refractivity contribution in [1.29, 1.82) is 0 Å². The van der Waals surface area contributed by atoms with Crippen LogP contribution in [0.5, 0.6) is 0 Å². The van der Waals surface area contributed by atoms with E-state index in [4.69, 9.17) is 9.10 Å². The molecular weight excluding hydrogens is 550 g/mol.